The highest BCUT2D eigenvalue weighted by Gasteiger charge is 2.18. The van der Waals surface area contributed by atoms with Gasteiger partial charge in [-0.25, -0.2) is 0 Å². The molecule has 0 amide bonds. The summed E-state index contributed by atoms with van der Waals surface area (Å²) in [6, 6.07) is 2.25. The van der Waals surface area contributed by atoms with Gasteiger partial charge in [0.2, 0.25) is 0 Å². The second kappa shape index (κ2) is 13.6. The van der Waals surface area contributed by atoms with Gasteiger partial charge in [0.25, 0.3) is 0 Å². The van der Waals surface area contributed by atoms with Crippen molar-refractivity contribution >= 4 is 5.97 Å². The van der Waals surface area contributed by atoms with Crippen LogP contribution in [0.25, 0.3) is 0 Å². The predicted molar refractivity (Wildman–Crippen MR) is 119 cm³/mol. The molecule has 0 unspecified atom stereocenters. The number of ether oxygens (including phenoxy) is 2. The number of esters is 1. The zero-order chi connectivity index (χ0) is 21.8. The van der Waals surface area contributed by atoms with Gasteiger partial charge < -0.3 is 19.9 Å². The number of aliphatic hydroxyl groups excluding tert-OH is 1. The number of carbonyl (C=O) groups is 1. The van der Waals surface area contributed by atoms with Crippen LogP contribution in [0.4, 0.5) is 0 Å². The minimum atomic E-state index is -0.576. The van der Waals surface area contributed by atoms with Crippen LogP contribution in [0, 0.1) is 13.8 Å². The molecule has 0 aromatic heterocycles. The van der Waals surface area contributed by atoms with E-state index in [0.29, 0.717) is 18.3 Å². The highest BCUT2D eigenvalue weighted by Crippen LogP contribution is 2.35. The lowest BCUT2D eigenvalue weighted by molar-refractivity contribution is -0.131. The van der Waals surface area contributed by atoms with Crippen LogP contribution in [-0.2, 0) is 11.2 Å². The minimum Gasteiger partial charge on any atom is -0.491 e. The van der Waals surface area contributed by atoms with E-state index in [2.05, 4.69) is 12.2 Å². The zero-order valence-corrected chi connectivity index (χ0v) is 19.3. The van der Waals surface area contributed by atoms with E-state index in [1.54, 1.807) is 0 Å². The summed E-state index contributed by atoms with van der Waals surface area (Å²) >= 11 is 0. The number of hydrogen-bond acceptors (Lipinski definition) is 5. The maximum atomic E-state index is 11.5. The molecule has 0 saturated heterocycles. The Balaban J connectivity index is 2.89. The second-order valence-electron chi connectivity index (χ2n) is 8.26. The zero-order valence-electron chi connectivity index (χ0n) is 19.3. The van der Waals surface area contributed by atoms with Crippen LogP contribution in [0.5, 0.6) is 11.5 Å². The smallest absolute Gasteiger partial charge is 0.308 e. The number of rotatable bonds is 14. The Hall–Kier alpha value is -1.59. The van der Waals surface area contributed by atoms with Crippen molar-refractivity contribution in [1.29, 1.82) is 0 Å². The van der Waals surface area contributed by atoms with E-state index in [0.717, 1.165) is 35.3 Å². The summed E-state index contributed by atoms with van der Waals surface area (Å²) in [6.45, 7) is 12.4. The molecule has 0 saturated carbocycles. The Morgan fingerprint density at radius 3 is 2.41 bits per heavy atom. The van der Waals surface area contributed by atoms with E-state index in [4.69, 9.17) is 9.47 Å². The lowest BCUT2D eigenvalue weighted by atomic mass is 9.97. The van der Waals surface area contributed by atoms with Crippen molar-refractivity contribution in [2.45, 2.75) is 98.6 Å². The predicted octanol–water partition coefficient (Wildman–Crippen LogP) is 4.87. The first-order chi connectivity index (χ1) is 13.8. The third-order valence-electron chi connectivity index (χ3n) is 5.02. The monoisotopic (exact) mass is 407 g/mol. The van der Waals surface area contributed by atoms with Gasteiger partial charge in [-0.15, -0.1) is 0 Å². The molecule has 0 spiro atoms. The number of benzene rings is 1. The van der Waals surface area contributed by atoms with Gasteiger partial charge in [0, 0.05) is 25.1 Å². The Bertz CT molecular complexity index is 628. The second-order valence-corrected chi connectivity index (χ2v) is 8.26. The Kier molecular flexibility index (Phi) is 11.9. The molecule has 0 radical (unpaired) electrons. The molecule has 29 heavy (non-hydrogen) atoms. The molecule has 1 atom stereocenters. The minimum absolute atomic E-state index is 0.231. The number of unbranched alkanes of at least 4 members (excludes halogenated alkanes) is 5. The topological polar surface area (TPSA) is 67.8 Å². The summed E-state index contributed by atoms with van der Waals surface area (Å²) in [6.07, 6.45) is 7.60. The van der Waals surface area contributed by atoms with Gasteiger partial charge in [0.1, 0.15) is 24.2 Å². The molecule has 0 fully saturated rings. The molecule has 5 nitrogen and oxygen atoms in total. The molecular weight excluding hydrogens is 366 g/mol. The van der Waals surface area contributed by atoms with Crippen LogP contribution < -0.4 is 14.8 Å². The van der Waals surface area contributed by atoms with Crippen molar-refractivity contribution in [3.8, 4) is 11.5 Å². The van der Waals surface area contributed by atoms with Gasteiger partial charge in [0.15, 0.2) is 0 Å². The molecule has 2 N–H and O–H groups in total. The molecule has 0 heterocycles. The summed E-state index contributed by atoms with van der Waals surface area (Å²) in [5.41, 5.74) is 2.90. The van der Waals surface area contributed by atoms with E-state index >= 15 is 0 Å². The fraction of sp³-hybridized carbons (Fsp3) is 0.708. The van der Waals surface area contributed by atoms with E-state index < -0.39 is 6.10 Å². The van der Waals surface area contributed by atoms with E-state index in [9.17, 15) is 9.90 Å². The van der Waals surface area contributed by atoms with Gasteiger partial charge in [-0.2, -0.15) is 0 Å². The highest BCUT2D eigenvalue weighted by molar-refractivity contribution is 5.71. The number of hydrogen-bond donors (Lipinski definition) is 2. The van der Waals surface area contributed by atoms with E-state index in [1.807, 2.05) is 33.8 Å². The summed E-state index contributed by atoms with van der Waals surface area (Å²) in [5.74, 6) is 1.10. The number of aliphatic hydroxyl groups is 1. The Morgan fingerprint density at radius 2 is 1.79 bits per heavy atom. The fourth-order valence-electron chi connectivity index (χ4n) is 3.41. The molecular formula is C24H41NO4. The van der Waals surface area contributed by atoms with Gasteiger partial charge in [0.05, 0.1) is 0 Å². The third-order valence-corrected chi connectivity index (χ3v) is 5.02. The van der Waals surface area contributed by atoms with Crippen LogP contribution in [0.2, 0.25) is 0 Å². The fourth-order valence-corrected chi connectivity index (χ4v) is 3.41. The van der Waals surface area contributed by atoms with Gasteiger partial charge in [-0.1, -0.05) is 52.9 Å². The molecule has 166 valence electrons. The molecule has 0 aliphatic rings. The van der Waals surface area contributed by atoms with Crippen LogP contribution in [0.3, 0.4) is 0 Å². The maximum Gasteiger partial charge on any atom is 0.308 e. The van der Waals surface area contributed by atoms with Crippen LogP contribution >= 0.6 is 0 Å². The Morgan fingerprint density at radius 1 is 1.14 bits per heavy atom. The molecule has 5 heteroatoms. The summed E-state index contributed by atoms with van der Waals surface area (Å²) in [4.78, 5) is 11.5. The van der Waals surface area contributed by atoms with E-state index in [1.165, 1.54) is 39.0 Å². The van der Waals surface area contributed by atoms with E-state index in [-0.39, 0.29) is 12.6 Å². The van der Waals surface area contributed by atoms with Gasteiger partial charge >= 0.3 is 5.97 Å². The SMILES string of the molecule is CCCCCCCCc1c(OC[C@H](O)CNC(C)C)cc(C)c(OC(C)=O)c1C. The standard InChI is InChI=1S/C24H41NO4/c1-7-8-9-10-11-12-13-22-19(5)24(29-20(6)26)18(4)14-23(22)28-16-21(27)15-25-17(2)3/h14,17,21,25,27H,7-13,15-16H2,1-6H3/t21-/m1/s1. The first kappa shape index (κ1) is 25.4. The van der Waals surface area contributed by atoms with Crippen molar-refractivity contribution in [2.24, 2.45) is 0 Å². The summed E-state index contributed by atoms with van der Waals surface area (Å²) in [5, 5.41) is 13.4. The number of nitrogens with one attached hydrogen (secondary N) is 1. The molecule has 1 aromatic rings. The lowest BCUT2D eigenvalue weighted by Crippen LogP contribution is -2.35. The molecule has 0 aliphatic heterocycles. The Labute approximate surface area is 177 Å². The number of aryl methyl sites for hydroxylation is 1. The largest absolute Gasteiger partial charge is 0.491 e. The van der Waals surface area contributed by atoms with Crippen molar-refractivity contribution in [2.75, 3.05) is 13.2 Å². The van der Waals surface area contributed by atoms with Crippen LogP contribution in [-0.4, -0.2) is 36.4 Å². The van der Waals surface area contributed by atoms with Crippen LogP contribution in [0.15, 0.2) is 6.07 Å². The number of carbonyl (C=O) groups excluding carboxylic acids is 1. The lowest BCUT2D eigenvalue weighted by Gasteiger charge is -2.21. The molecule has 1 aromatic carbocycles. The molecule has 0 bridgehead atoms. The van der Waals surface area contributed by atoms with Gasteiger partial charge in [-0.05, 0) is 43.9 Å². The summed E-state index contributed by atoms with van der Waals surface area (Å²) in [7, 11) is 0. The normalized spacial score (nSPS) is 12.3. The average Bonchev–Trinajstić information content (AvgIpc) is 2.65. The summed E-state index contributed by atoms with van der Waals surface area (Å²) < 4.78 is 11.5. The average molecular weight is 408 g/mol. The van der Waals surface area contributed by atoms with Crippen molar-refractivity contribution in [3.63, 3.8) is 0 Å². The quantitative estimate of drug-likeness (QED) is 0.262. The highest BCUT2D eigenvalue weighted by atomic mass is 16.5. The molecule has 0 aliphatic carbocycles. The van der Waals surface area contributed by atoms with Gasteiger partial charge in [-0.3, -0.25) is 4.79 Å². The van der Waals surface area contributed by atoms with Crippen LogP contribution in [0.1, 0.15) is 82.9 Å². The first-order valence-electron chi connectivity index (χ1n) is 11.1. The maximum absolute atomic E-state index is 11.5. The first-order valence-corrected chi connectivity index (χ1v) is 11.1. The van der Waals surface area contributed by atoms with Crippen molar-refractivity contribution < 1.29 is 19.4 Å². The molecule has 1 rings (SSSR count). The van der Waals surface area contributed by atoms with Crippen molar-refractivity contribution in [1.82, 2.24) is 5.32 Å². The van der Waals surface area contributed by atoms with Crippen molar-refractivity contribution in [3.05, 3.63) is 22.8 Å². The third kappa shape index (κ3) is 9.64.